The molecule has 0 spiro atoms. The third-order valence-corrected chi connectivity index (χ3v) is 5.29. The number of nitrogens with one attached hydrogen (secondary N) is 2. The van der Waals surface area contributed by atoms with Crippen LogP contribution in [-0.2, 0) is 11.3 Å². The van der Waals surface area contributed by atoms with Gasteiger partial charge in [-0.2, -0.15) is 0 Å². The number of hydrogen-bond donors (Lipinski definition) is 2. The quantitative estimate of drug-likeness (QED) is 0.726. The number of nitrogens with zero attached hydrogens (tertiary/aromatic N) is 2. The molecule has 1 amide bonds. The lowest BCUT2D eigenvalue weighted by Crippen LogP contribution is -2.46. The Morgan fingerprint density at radius 3 is 2.74 bits per heavy atom. The number of ether oxygens (including phenoxy) is 1. The lowest BCUT2D eigenvalue weighted by molar-refractivity contribution is 0.0900. The Kier molecular flexibility index (Phi) is 6.34. The zero-order valence-electron chi connectivity index (χ0n) is 16.5. The van der Waals surface area contributed by atoms with Gasteiger partial charge in [0.25, 0.3) is 5.91 Å². The SMILES string of the molecule is CCOCCn1c(=O)[nH]c2cc(C(=O)NC3CCN(C(C)C)CC3)ccc21. The largest absolute Gasteiger partial charge is 0.380 e. The molecule has 0 radical (unpaired) electrons. The average Bonchev–Trinajstić information content (AvgIpc) is 2.97. The predicted octanol–water partition coefficient (Wildman–Crippen LogP) is 1.97. The van der Waals surface area contributed by atoms with Crippen molar-refractivity contribution in [3.8, 4) is 0 Å². The van der Waals surface area contributed by atoms with E-state index in [1.165, 1.54) is 0 Å². The molecular formula is C20H30N4O3. The summed E-state index contributed by atoms with van der Waals surface area (Å²) in [5.74, 6) is -0.0807. The molecule has 1 aromatic heterocycles. The minimum atomic E-state index is -0.177. The van der Waals surface area contributed by atoms with Gasteiger partial charge in [0.15, 0.2) is 0 Å². The van der Waals surface area contributed by atoms with Crippen LogP contribution in [0.1, 0.15) is 44.0 Å². The fourth-order valence-corrected chi connectivity index (χ4v) is 3.66. The lowest BCUT2D eigenvalue weighted by atomic mass is 10.0. The van der Waals surface area contributed by atoms with Gasteiger partial charge in [0.05, 0.1) is 24.2 Å². The molecule has 27 heavy (non-hydrogen) atoms. The van der Waals surface area contributed by atoms with E-state index in [2.05, 4.69) is 29.0 Å². The molecule has 0 unspecified atom stereocenters. The number of piperidine rings is 1. The standard InChI is InChI=1S/C20H30N4O3/c1-4-27-12-11-24-18-6-5-15(13-17(18)22-20(24)26)19(25)21-16-7-9-23(10-8-16)14(2)3/h5-6,13-14,16H,4,7-12H2,1-3H3,(H,21,25)(H,22,26). The van der Waals surface area contributed by atoms with E-state index in [1.807, 2.05) is 13.0 Å². The molecule has 7 heteroatoms. The molecule has 1 aliphatic rings. The Morgan fingerprint density at radius 1 is 1.33 bits per heavy atom. The van der Waals surface area contributed by atoms with E-state index in [-0.39, 0.29) is 17.6 Å². The molecule has 2 N–H and O–H groups in total. The normalized spacial score (nSPS) is 16.3. The van der Waals surface area contributed by atoms with Gasteiger partial charge in [-0.05, 0) is 51.8 Å². The fourth-order valence-electron chi connectivity index (χ4n) is 3.66. The molecule has 0 saturated carbocycles. The number of fused-ring (bicyclic) bond motifs is 1. The van der Waals surface area contributed by atoms with Gasteiger partial charge in [-0.25, -0.2) is 4.79 Å². The van der Waals surface area contributed by atoms with E-state index >= 15 is 0 Å². The summed E-state index contributed by atoms with van der Waals surface area (Å²) >= 11 is 0. The summed E-state index contributed by atoms with van der Waals surface area (Å²) < 4.78 is 6.99. The zero-order chi connectivity index (χ0) is 19.4. The fraction of sp³-hybridized carbons (Fsp3) is 0.600. The monoisotopic (exact) mass is 374 g/mol. The maximum Gasteiger partial charge on any atom is 0.326 e. The second-order valence-corrected chi connectivity index (χ2v) is 7.39. The highest BCUT2D eigenvalue weighted by Gasteiger charge is 2.22. The summed E-state index contributed by atoms with van der Waals surface area (Å²) in [6.45, 7) is 9.96. The predicted molar refractivity (Wildman–Crippen MR) is 106 cm³/mol. The van der Waals surface area contributed by atoms with Gasteiger partial charge in [0.1, 0.15) is 0 Å². The zero-order valence-corrected chi connectivity index (χ0v) is 16.5. The van der Waals surface area contributed by atoms with Crippen molar-refractivity contribution in [3.63, 3.8) is 0 Å². The summed E-state index contributed by atoms with van der Waals surface area (Å²) in [6.07, 6.45) is 1.94. The minimum Gasteiger partial charge on any atom is -0.380 e. The van der Waals surface area contributed by atoms with Crippen LogP contribution in [-0.4, -0.2) is 58.7 Å². The average molecular weight is 374 g/mol. The van der Waals surface area contributed by atoms with E-state index in [9.17, 15) is 9.59 Å². The van der Waals surface area contributed by atoms with Gasteiger partial charge in [-0.1, -0.05) is 0 Å². The molecule has 148 valence electrons. The summed E-state index contributed by atoms with van der Waals surface area (Å²) in [5, 5.41) is 3.14. The van der Waals surface area contributed by atoms with Crippen LogP contribution in [0.5, 0.6) is 0 Å². The van der Waals surface area contributed by atoms with Crippen molar-refractivity contribution in [1.29, 1.82) is 0 Å². The highest BCUT2D eigenvalue weighted by Crippen LogP contribution is 2.16. The molecule has 1 aliphatic heterocycles. The van der Waals surface area contributed by atoms with E-state index < -0.39 is 0 Å². The number of aromatic amines is 1. The number of carbonyl (C=O) groups is 1. The van der Waals surface area contributed by atoms with Crippen LogP contribution in [0.25, 0.3) is 11.0 Å². The molecule has 0 atom stereocenters. The van der Waals surface area contributed by atoms with Crippen molar-refractivity contribution in [1.82, 2.24) is 19.8 Å². The number of hydrogen-bond acceptors (Lipinski definition) is 4. The number of benzene rings is 1. The molecule has 1 fully saturated rings. The number of amides is 1. The first-order valence-corrected chi connectivity index (χ1v) is 9.84. The van der Waals surface area contributed by atoms with Gasteiger partial charge in [0, 0.05) is 37.3 Å². The second-order valence-electron chi connectivity index (χ2n) is 7.39. The lowest BCUT2D eigenvalue weighted by Gasteiger charge is -2.34. The van der Waals surface area contributed by atoms with Crippen molar-refractivity contribution < 1.29 is 9.53 Å². The highest BCUT2D eigenvalue weighted by molar-refractivity contribution is 5.97. The van der Waals surface area contributed by atoms with Crippen LogP contribution in [0.15, 0.2) is 23.0 Å². The molecule has 1 aromatic carbocycles. The maximum atomic E-state index is 12.6. The van der Waals surface area contributed by atoms with Crippen molar-refractivity contribution in [3.05, 3.63) is 34.2 Å². The van der Waals surface area contributed by atoms with Crippen molar-refractivity contribution in [2.75, 3.05) is 26.3 Å². The van der Waals surface area contributed by atoms with Crippen LogP contribution in [0.3, 0.4) is 0 Å². The van der Waals surface area contributed by atoms with Gasteiger partial charge < -0.3 is 19.9 Å². The van der Waals surface area contributed by atoms with Gasteiger partial charge in [0.2, 0.25) is 0 Å². The number of imidazole rings is 1. The Labute approximate surface area is 159 Å². The molecule has 0 bridgehead atoms. The van der Waals surface area contributed by atoms with E-state index in [0.29, 0.717) is 36.9 Å². The third-order valence-electron chi connectivity index (χ3n) is 5.29. The topological polar surface area (TPSA) is 79.4 Å². The van der Waals surface area contributed by atoms with E-state index in [1.54, 1.807) is 16.7 Å². The maximum absolute atomic E-state index is 12.6. The Bertz CT molecular complexity index is 831. The number of H-pyrrole nitrogens is 1. The number of rotatable bonds is 7. The molecule has 0 aliphatic carbocycles. The molecule has 3 rings (SSSR count). The van der Waals surface area contributed by atoms with E-state index in [4.69, 9.17) is 4.74 Å². The highest BCUT2D eigenvalue weighted by atomic mass is 16.5. The molecular weight excluding hydrogens is 344 g/mol. The minimum absolute atomic E-state index is 0.0807. The van der Waals surface area contributed by atoms with Crippen LogP contribution < -0.4 is 11.0 Å². The van der Waals surface area contributed by atoms with Crippen LogP contribution in [0.2, 0.25) is 0 Å². The summed E-state index contributed by atoms with van der Waals surface area (Å²) in [6, 6.07) is 6.12. The Balaban J connectivity index is 1.66. The Hall–Kier alpha value is -2.12. The van der Waals surface area contributed by atoms with Crippen LogP contribution >= 0.6 is 0 Å². The van der Waals surface area contributed by atoms with Crippen molar-refractivity contribution >= 4 is 16.9 Å². The second kappa shape index (κ2) is 8.71. The van der Waals surface area contributed by atoms with Crippen LogP contribution in [0.4, 0.5) is 0 Å². The summed E-state index contributed by atoms with van der Waals surface area (Å²) in [7, 11) is 0. The first kappa shape index (κ1) is 19.6. The number of carbonyl (C=O) groups excluding carboxylic acids is 1. The molecule has 2 aromatic rings. The first-order chi connectivity index (χ1) is 13.0. The molecule has 1 saturated heterocycles. The summed E-state index contributed by atoms with van der Waals surface area (Å²) in [4.78, 5) is 30.1. The van der Waals surface area contributed by atoms with Crippen molar-refractivity contribution in [2.45, 2.75) is 52.2 Å². The van der Waals surface area contributed by atoms with Crippen molar-refractivity contribution in [2.24, 2.45) is 0 Å². The smallest absolute Gasteiger partial charge is 0.326 e. The number of aromatic nitrogens is 2. The van der Waals surface area contributed by atoms with Gasteiger partial charge >= 0.3 is 5.69 Å². The van der Waals surface area contributed by atoms with Crippen LogP contribution in [0, 0.1) is 0 Å². The molecule has 7 nitrogen and oxygen atoms in total. The van der Waals surface area contributed by atoms with E-state index in [0.717, 1.165) is 31.4 Å². The van der Waals surface area contributed by atoms with Gasteiger partial charge in [-0.15, -0.1) is 0 Å². The number of likely N-dealkylation sites (tertiary alicyclic amines) is 1. The molecule has 2 heterocycles. The third kappa shape index (κ3) is 4.59. The first-order valence-electron chi connectivity index (χ1n) is 9.84. The van der Waals surface area contributed by atoms with Gasteiger partial charge in [-0.3, -0.25) is 9.36 Å². The Morgan fingerprint density at radius 2 is 2.07 bits per heavy atom. The summed E-state index contributed by atoms with van der Waals surface area (Å²) in [5.41, 5.74) is 1.87.